The maximum absolute atomic E-state index is 9.36. The fourth-order valence-electron chi connectivity index (χ4n) is 4.34. The molecule has 0 bridgehead atoms. The van der Waals surface area contributed by atoms with E-state index >= 15 is 0 Å². The monoisotopic (exact) mass is 415 g/mol. The predicted molar refractivity (Wildman–Crippen MR) is 124 cm³/mol. The minimum absolute atomic E-state index is 0.0226. The molecule has 3 heterocycles. The van der Waals surface area contributed by atoms with Gasteiger partial charge in [0.1, 0.15) is 5.82 Å². The topological polar surface area (TPSA) is 89.8 Å². The van der Waals surface area contributed by atoms with Crippen molar-refractivity contribution in [2.45, 2.75) is 45.7 Å². The molecule has 2 N–H and O–H groups in total. The maximum atomic E-state index is 9.36. The highest BCUT2D eigenvalue weighted by Gasteiger charge is 2.19. The number of fused-ring (bicyclic) bond motifs is 1. The lowest BCUT2D eigenvalue weighted by Gasteiger charge is -2.23. The molecule has 160 valence electrons. The van der Waals surface area contributed by atoms with E-state index in [1.165, 1.54) is 12.8 Å². The van der Waals surface area contributed by atoms with Crippen molar-refractivity contribution < 1.29 is 0 Å². The van der Waals surface area contributed by atoms with Gasteiger partial charge in [-0.2, -0.15) is 10.4 Å². The van der Waals surface area contributed by atoms with E-state index in [2.05, 4.69) is 51.8 Å². The average molecular weight is 416 g/mol. The van der Waals surface area contributed by atoms with E-state index in [1.54, 1.807) is 0 Å². The minimum atomic E-state index is -0.0226. The van der Waals surface area contributed by atoms with Crippen molar-refractivity contribution in [2.24, 2.45) is 0 Å². The summed E-state index contributed by atoms with van der Waals surface area (Å²) in [5.41, 5.74) is 3.61. The molecule has 3 aromatic rings. The van der Waals surface area contributed by atoms with Gasteiger partial charge in [0.05, 0.1) is 23.4 Å². The van der Waals surface area contributed by atoms with E-state index in [9.17, 15) is 5.26 Å². The summed E-state index contributed by atoms with van der Waals surface area (Å²) >= 11 is 0. The number of aryl methyl sites for hydroxylation is 1. The lowest BCUT2D eigenvalue weighted by Crippen LogP contribution is -2.35. The van der Waals surface area contributed by atoms with E-state index in [0.29, 0.717) is 11.6 Å². The van der Waals surface area contributed by atoms with Crippen molar-refractivity contribution in [1.29, 1.82) is 5.26 Å². The zero-order valence-electron chi connectivity index (χ0n) is 18.6. The van der Waals surface area contributed by atoms with Crippen LogP contribution >= 0.6 is 0 Å². The van der Waals surface area contributed by atoms with Crippen molar-refractivity contribution in [1.82, 2.24) is 20.5 Å². The van der Waals surface area contributed by atoms with Gasteiger partial charge in [-0.05, 0) is 63.4 Å². The molecular weight excluding hydrogens is 386 g/mol. The van der Waals surface area contributed by atoms with Crippen LogP contribution < -0.4 is 15.5 Å². The first-order chi connectivity index (χ1) is 15.0. The number of aromatic nitrogens is 3. The number of rotatable bonds is 6. The van der Waals surface area contributed by atoms with E-state index in [0.717, 1.165) is 52.3 Å². The molecule has 0 unspecified atom stereocenters. The number of nitrogens with one attached hydrogen (secondary N) is 2. The number of likely N-dealkylation sites (N-methyl/N-ethyl adjacent to an activating group) is 1. The number of hydrogen-bond acceptors (Lipinski definition) is 7. The Morgan fingerprint density at radius 1 is 1.29 bits per heavy atom. The molecule has 1 aliphatic heterocycles. The molecule has 0 saturated carbocycles. The molecule has 4 rings (SSSR count). The van der Waals surface area contributed by atoms with Crippen molar-refractivity contribution in [3.63, 3.8) is 0 Å². The van der Waals surface area contributed by atoms with Gasteiger partial charge < -0.3 is 15.5 Å². The number of hydrogen-bond donors (Lipinski definition) is 2. The summed E-state index contributed by atoms with van der Waals surface area (Å²) in [5, 5.41) is 27.2. The Balaban J connectivity index is 1.65. The third kappa shape index (κ3) is 4.30. The normalized spacial score (nSPS) is 16.8. The van der Waals surface area contributed by atoms with Crippen LogP contribution in [0.3, 0.4) is 0 Å². The van der Waals surface area contributed by atoms with Crippen LogP contribution in [0.25, 0.3) is 10.8 Å². The fraction of sp³-hybridized carbons (Fsp3) is 0.417. The summed E-state index contributed by atoms with van der Waals surface area (Å²) < 4.78 is 0. The highest BCUT2D eigenvalue weighted by Crippen LogP contribution is 2.30. The highest BCUT2D eigenvalue weighted by atomic mass is 15.2. The summed E-state index contributed by atoms with van der Waals surface area (Å²) in [6.07, 6.45) is 4.33. The molecule has 7 nitrogen and oxygen atoms in total. The summed E-state index contributed by atoms with van der Waals surface area (Å²) in [6.45, 7) is 8.04. The molecule has 0 amide bonds. The fourth-order valence-corrected chi connectivity index (χ4v) is 4.34. The lowest BCUT2D eigenvalue weighted by atomic mass is 9.98. The van der Waals surface area contributed by atoms with Crippen LogP contribution in [-0.2, 0) is 0 Å². The third-order valence-electron chi connectivity index (χ3n) is 6.20. The summed E-state index contributed by atoms with van der Waals surface area (Å²) in [7, 11) is 2.09. The molecule has 7 heteroatoms. The Hall–Kier alpha value is -3.24. The number of nitriles is 1. The summed E-state index contributed by atoms with van der Waals surface area (Å²) in [6, 6.07) is 10.7. The largest absolute Gasteiger partial charge is 0.362 e. The molecule has 0 spiro atoms. The first kappa shape index (κ1) is 21.0. The van der Waals surface area contributed by atoms with Gasteiger partial charge >= 0.3 is 0 Å². The van der Waals surface area contributed by atoms with Gasteiger partial charge in [0, 0.05) is 36.6 Å². The number of anilines is 2. The van der Waals surface area contributed by atoms with Crippen LogP contribution in [0.4, 0.5) is 11.6 Å². The maximum Gasteiger partial charge on any atom is 0.157 e. The molecule has 31 heavy (non-hydrogen) atoms. The van der Waals surface area contributed by atoms with Gasteiger partial charge in [0.2, 0.25) is 0 Å². The van der Waals surface area contributed by atoms with Crippen molar-refractivity contribution >= 4 is 22.4 Å². The van der Waals surface area contributed by atoms with E-state index < -0.39 is 0 Å². The standard InChI is InChI=1S/C24H29N7/c1-15-18(12-25)7-5-9-20(15)16(2)28-24-21-11-23(27-13-22(21)17(3)29-30-24)31(4)14-19-8-6-10-26-19/h5,7,9,11,13,16,19,26H,6,8,10,14H2,1-4H3,(H,28,30)/t16-,19+/m1/s1. The molecule has 1 aliphatic rings. The third-order valence-corrected chi connectivity index (χ3v) is 6.20. The Morgan fingerprint density at radius 2 is 2.13 bits per heavy atom. The predicted octanol–water partition coefficient (Wildman–Crippen LogP) is 3.87. The number of nitrogens with zero attached hydrogens (tertiary/aromatic N) is 5. The van der Waals surface area contributed by atoms with Crippen LogP contribution in [0.1, 0.15) is 48.2 Å². The molecule has 1 fully saturated rings. The smallest absolute Gasteiger partial charge is 0.157 e. The van der Waals surface area contributed by atoms with Crippen LogP contribution in [0.2, 0.25) is 0 Å². The first-order valence-corrected chi connectivity index (χ1v) is 10.8. The second kappa shape index (κ2) is 8.86. The number of benzene rings is 1. The van der Waals surface area contributed by atoms with Gasteiger partial charge in [-0.15, -0.1) is 5.10 Å². The highest BCUT2D eigenvalue weighted by molar-refractivity contribution is 5.94. The Labute approximate surface area is 183 Å². The SMILES string of the molecule is Cc1c(C#N)cccc1[C@@H](C)Nc1nnc(C)c2cnc(N(C)C[C@@H]3CCCN3)cc12. The van der Waals surface area contributed by atoms with Crippen LogP contribution in [0, 0.1) is 25.2 Å². The zero-order chi connectivity index (χ0) is 22.0. The molecule has 2 aromatic heterocycles. The quantitative estimate of drug-likeness (QED) is 0.631. The van der Waals surface area contributed by atoms with Crippen LogP contribution in [-0.4, -0.2) is 41.4 Å². The lowest BCUT2D eigenvalue weighted by molar-refractivity contribution is 0.597. The Bertz CT molecular complexity index is 1130. The zero-order valence-corrected chi connectivity index (χ0v) is 18.6. The molecule has 1 aromatic carbocycles. The average Bonchev–Trinajstić information content (AvgIpc) is 3.28. The Kier molecular flexibility index (Phi) is 6.01. The van der Waals surface area contributed by atoms with Gasteiger partial charge in [0.15, 0.2) is 5.82 Å². The minimum Gasteiger partial charge on any atom is -0.362 e. The second-order valence-electron chi connectivity index (χ2n) is 8.39. The van der Waals surface area contributed by atoms with Crippen molar-refractivity contribution in [3.8, 4) is 6.07 Å². The van der Waals surface area contributed by atoms with Crippen LogP contribution in [0.5, 0.6) is 0 Å². The Morgan fingerprint density at radius 3 is 2.87 bits per heavy atom. The second-order valence-corrected chi connectivity index (χ2v) is 8.39. The van der Waals surface area contributed by atoms with Crippen molar-refractivity contribution in [2.75, 3.05) is 30.4 Å². The molecular formula is C24H29N7. The van der Waals surface area contributed by atoms with Crippen LogP contribution in [0.15, 0.2) is 30.5 Å². The summed E-state index contributed by atoms with van der Waals surface area (Å²) in [5.74, 6) is 1.65. The number of pyridine rings is 1. The van der Waals surface area contributed by atoms with Gasteiger partial charge in [-0.1, -0.05) is 12.1 Å². The molecule has 0 aliphatic carbocycles. The molecule has 1 saturated heterocycles. The van der Waals surface area contributed by atoms with E-state index in [1.807, 2.05) is 38.2 Å². The molecule has 0 radical (unpaired) electrons. The van der Waals surface area contributed by atoms with Gasteiger partial charge in [-0.25, -0.2) is 4.98 Å². The van der Waals surface area contributed by atoms with E-state index in [-0.39, 0.29) is 6.04 Å². The van der Waals surface area contributed by atoms with Crippen molar-refractivity contribution in [3.05, 3.63) is 52.8 Å². The first-order valence-electron chi connectivity index (χ1n) is 10.8. The van der Waals surface area contributed by atoms with E-state index in [4.69, 9.17) is 4.98 Å². The summed E-state index contributed by atoms with van der Waals surface area (Å²) in [4.78, 5) is 6.89. The van der Waals surface area contributed by atoms with Gasteiger partial charge in [0.25, 0.3) is 0 Å². The molecule has 2 atom stereocenters. The van der Waals surface area contributed by atoms with Gasteiger partial charge in [-0.3, -0.25) is 0 Å².